The van der Waals surface area contributed by atoms with Gasteiger partial charge in [-0.3, -0.25) is 0 Å². The number of hydrogen-bond donors (Lipinski definition) is 0. The molecule has 0 aromatic rings. The van der Waals surface area contributed by atoms with Gasteiger partial charge in [0.15, 0.2) is 0 Å². The average molecular weight is 243 g/mol. The van der Waals surface area contributed by atoms with Crippen molar-refractivity contribution in [1.82, 2.24) is 0 Å². The van der Waals surface area contributed by atoms with Crippen molar-refractivity contribution in [3.63, 3.8) is 0 Å². The maximum atomic E-state index is 0. The molecule has 0 bridgehead atoms. The molecular weight excluding hydrogens is 243 g/mol. The molecule has 0 heterocycles. The molecule has 0 rings (SSSR count). The summed E-state index contributed by atoms with van der Waals surface area (Å²) in [4.78, 5) is 0. The zero-order valence-corrected chi connectivity index (χ0v) is 14.7. The predicted octanol–water partition coefficient (Wildman–Crippen LogP) is -1.53. The van der Waals surface area contributed by atoms with Gasteiger partial charge in [-0.05, 0) is 0 Å². The minimum absolute atomic E-state index is 0. The first-order valence-corrected chi connectivity index (χ1v) is 0. The van der Waals surface area contributed by atoms with E-state index in [1.165, 1.54) is 0 Å². The smallest absolute Gasteiger partial charge is 0 e. The molecule has 6 heavy (non-hydrogen) atoms. The van der Waals surface area contributed by atoms with E-state index in [0.717, 1.165) is 0 Å². The minimum Gasteiger partial charge on any atom is 0 e. The van der Waals surface area contributed by atoms with Crippen LogP contribution in [0.15, 0.2) is 0 Å². The Morgan fingerprint density at radius 3 is 1.00 bits per heavy atom. The van der Waals surface area contributed by atoms with Crippen molar-refractivity contribution in [3.8, 4) is 0 Å². The summed E-state index contributed by atoms with van der Waals surface area (Å²) in [6.45, 7) is 0. The molecule has 0 aromatic heterocycles. The van der Waals surface area contributed by atoms with Crippen molar-refractivity contribution in [2.45, 2.75) is 0 Å². The molecule has 0 nitrogen and oxygen atoms in total. The molecule has 0 saturated carbocycles. The van der Waals surface area contributed by atoms with Crippen LogP contribution < -0.4 is 0 Å². The number of hydrogen-bond acceptors (Lipinski definition) is 0. The van der Waals surface area contributed by atoms with E-state index in [1.807, 2.05) is 0 Å². The van der Waals surface area contributed by atoms with Crippen LogP contribution in [0.2, 0.25) is 0 Å². The van der Waals surface area contributed by atoms with E-state index in [2.05, 4.69) is 0 Å². The molecule has 0 N–H and O–H groups in total. The first-order chi connectivity index (χ1) is 0. The molecule has 0 saturated heterocycles. The Balaban J connectivity index is 0. The van der Waals surface area contributed by atoms with E-state index in [9.17, 15) is 0 Å². The molecule has 0 aromatic carbocycles. The maximum absolute atomic E-state index is 0. The van der Waals surface area contributed by atoms with Crippen LogP contribution in [-0.4, -0.2) is 121 Å². The van der Waals surface area contributed by atoms with Gasteiger partial charge in [-0.15, -0.1) is 0 Å². The summed E-state index contributed by atoms with van der Waals surface area (Å²) in [7, 11) is 0. The quantitative estimate of drug-likeness (QED) is 0.453. The van der Waals surface area contributed by atoms with Gasteiger partial charge in [-0.25, -0.2) is 0 Å². The van der Waals surface area contributed by atoms with Crippen LogP contribution in [0.5, 0.6) is 0 Å². The minimum atomic E-state index is 0. The molecule has 0 aliphatic rings. The van der Waals surface area contributed by atoms with Crippen molar-refractivity contribution in [3.05, 3.63) is 0 Å². The molecule has 0 aliphatic carbocycles. The molecule has 9 radical (unpaired) electrons. The molecule has 21 valence electrons. The van der Waals surface area contributed by atoms with Crippen LogP contribution in [-0.2, 0) is 36.5 Å². The molecule has 0 spiro atoms. The second-order valence-corrected chi connectivity index (χ2v) is 0. The van der Waals surface area contributed by atoms with Gasteiger partial charge in [0.1, 0.15) is 0 Å². The SMILES string of the molecule is [B].[Ca].[Cu].[K].[Mg].[Zn]. The summed E-state index contributed by atoms with van der Waals surface area (Å²) in [5.41, 5.74) is 0. The summed E-state index contributed by atoms with van der Waals surface area (Å²) in [6.07, 6.45) is 0. The summed E-state index contributed by atoms with van der Waals surface area (Å²) < 4.78 is 0. The monoisotopic (exact) mass is 241 g/mol. The Morgan fingerprint density at radius 1 is 1.00 bits per heavy atom. The maximum Gasteiger partial charge on any atom is 0 e. The second-order valence-electron chi connectivity index (χ2n) is 0. The van der Waals surface area contributed by atoms with Crippen LogP contribution in [0, 0.1) is 0 Å². The van der Waals surface area contributed by atoms with Gasteiger partial charge in [0.05, 0.1) is 0 Å². The summed E-state index contributed by atoms with van der Waals surface area (Å²) >= 11 is 0. The third-order valence-corrected chi connectivity index (χ3v) is 0. The topological polar surface area (TPSA) is 0 Å². The molecule has 0 amide bonds. The van der Waals surface area contributed by atoms with Gasteiger partial charge in [0.2, 0.25) is 0 Å². The summed E-state index contributed by atoms with van der Waals surface area (Å²) in [5, 5.41) is 0. The average Bonchev–Trinajstić information content (AvgIpc) is 0. The summed E-state index contributed by atoms with van der Waals surface area (Å²) in [5.74, 6) is 0. The van der Waals surface area contributed by atoms with Crippen LogP contribution in [0.4, 0.5) is 0 Å². The molecule has 0 aliphatic heterocycles. The van der Waals surface area contributed by atoms with Crippen molar-refractivity contribution >= 4 is 121 Å². The molecule has 0 fully saturated rings. The Kier molecular flexibility index (Phi) is 244. The van der Waals surface area contributed by atoms with Crippen molar-refractivity contribution in [2.75, 3.05) is 0 Å². The zero-order valence-electron chi connectivity index (χ0n) is 4.00. The van der Waals surface area contributed by atoms with Crippen molar-refractivity contribution in [1.29, 1.82) is 0 Å². The fourth-order valence-corrected chi connectivity index (χ4v) is 0. The third-order valence-electron chi connectivity index (χ3n) is 0. The van der Waals surface area contributed by atoms with E-state index in [4.69, 9.17) is 0 Å². The van der Waals surface area contributed by atoms with Gasteiger partial charge >= 0.3 is 0 Å². The van der Waals surface area contributed by atoms with Crippen molar-refractivity contribution < 1.29 is 36.5 Å². The molecular formula is BCaCuKMgZn. The van der Waals surface area contributed by atoms with Gasteiger partial charge in [0.25, 0.3) is 0 Å². The van der Waals surface area contributed by atoms with Gasteiger partial charge < -0.3 is 0 Å². The van der Waals surface area contributed by atoms with Crippen molar-refractivity contribution in [2.24, 2.45) is 0 Å². The van der Waals surface area contributed by atoms with Crippen LogP contribution in [0.1, 0.15) is 0 Å². The molecule has 0 atom stereocenters. The zero-order chi connectivity index (χ0) is 0. The summed E-state index contributed by atoms with van der Waals surface area (Å²) in [6, 6.07) is 0. The first-order valence-electron chi connectivity index (χ1n) is 0. The fraction of sp³-hybridized carbons (Fsp3) is 0. The second kappa shape index (κ2) is 32.7. The Bertz CT molecular complexity index is 15.5. The molecule has 6 heteroatoms. The van der Waals surface area contributed by atoms with E-state index >= 15 is 0 Å². The van der Waals surface area contributed by atoms with E-state index in [-0.39, 0.29) is 157 Å². The normalized spacial score (nSPS) is 0. The van der Waals surface area contributed by atoms with Gasteiger partial charge in [-0.2, -0.15) is 0 Å². The predicted molar refractivity (Wildman–Crippen MR) is 23.0 cm³/mol. The number of rotatable bonds is 0. The van der Waals surface area contributed by atoms with Crippen LogP contribution >= 0.6 is 0 Å². The van der Waals surface area contributed by atoms with Crippen LogP contribution in [0.25, 0.3) is 0 Å². The third kappa shape index (κ3) is 23.2. The molecule has 0 unspecified atom stereocenters. The first kappa shape index (κ1) is 44.6. The van der Waals surface area contributed by atoms with E-state index < -0.39 is 0 Å². The van der Waals surface area contributed by atoms with Gasteiger partial charge in [-0.1, -0.05) is 0 Å². The standard InChI is InChI=1S/B.Ca.Cu.K.Mg.Zn. The van der Waals surface area contributed by atoms with Gasteiger partial charge in [0, 0.05) is 157 Å². The van der Waals surface area contributed by atoms with E-state index in [1.54, 1.807) is 0 Å². The Hall–Kier alpha value is 4.87. The van der Waals surface area contributed by atoms with Crippen LogP contribution in [0.3, 0.4) is 0 Å². The fourth-order valence-electron chi connectivity index (χ4n) is 0. The van der Waals surface area contributed by atoms with E-state index in [0.29, 0.717) is 0 Å². The Labute approximate surface area is 152 Å². The largest absolute Gasteiger partial charge is 0 e. The Morgan fingerprint density at radius 2 is 1.00 bits per heavy atom.